The van der Waals surface area contributed by atoms with Crippen molar-refractivity contribution in [3.05, 3.63) is 91.0 Å². The van der Waals surface area contributed by atoms with E-state index >= 15 is 0 Å². The Labute approximate surface area is 184 Å². The Kier molecular flexibility index (Phi) is 3.34. The number of sulfone groups is 1. The molecule has 0 unspecified atom stereocenters. The Hall–Kier alpha value is -3.69. The van der Waals surface area contributed by atoms with Gasteiger partial charge in [0.2, 0.25) is 0 Å². The van der Waals surface area contributed by atoms with Crippen LogP contribution in [0.3, 0.4) is 0 Å². The van der Waals surface area contributed by atoms with E-state index in [1.165, 1.54) is 38.6 Å². The third-order valence-electron chi connectivity index (χ3n) is 6.83. The first-order chi connectivity index (χ1) is 15.5. The van der Waals surface area contributed by atoms with Crippen LogP contribution < -0.4 is 0 Å². The summed E-state index contributed by atoms with van der Waals surface area (Å²) >= 11 is 0. The van der Waals surface area contributed by atoms with E-state index in [1.807, 2.05) is 18.2 Å². The first-order valence-corrected chi connectivity index (χ1v) is 12.5. The molecule has 0 aromatic heterocycles. The van der Waals surface area contributed by atoms with Gasteiger partial charge in [-0.2, -0.15) is 0 Å². The van der Waals surface area contributed by atoms with Crippen LogP contribution in [0.25, 0.3) is 64.6 Å². The van der Waals surface area contributed by atoms with Gasteiger partial charge in [-0.15, -0.1) is 0 Å². The minimum absolute atomic E-state index is 0.356. The smallest absolute Gasteiger partial charge is 0.175 e. The predicted octanol–water partition coefficient (Wildman–Crippen LogP) is 7.45. The lowest BCUT2D eigenvalue weighted by molar-refractivity contribution is 0.602. The van der Waals surface area contributed by atoms with Gasteiger partial charge in [-0.05, 0) is 76.8 Å². The summed E-state index contributed by atoms with van der Waals surface area (Å²) in [6, 6.07) is 31.5. The van der Waals surface area contributed by atoms with Crippen molar-refractivity contribution in [1.29, 1.82) is 0 Å². The van der Waals surface area contributed by atoms with E-state index in [-0.39, 0.29) is 0 Å². The lowest BCUT2D eigenvalue weighted by atomic mass is 9.88. The fourth-order valence-electron chi connectivity index (χ4n) is 5.47. The molecular weight excluding hydrogens is 412 g/mol. The molecule has 0 atom stereocenters. The maximum absolute atomic E-state index is 12.6. The molecule has 0 aliphatic carbocycles. The van der Waals surface area contributed by atoms with E-state index in [0.717, 1.165) is 32.3 Å². The number of hydrogen-bond acceptors (Lipinski definition) is 2. The Morgan fingerprint density at radius 3 is 1.34 bits per heavy atom. The molecule has 7 aromatic carbocycles. The molecule has 0 saturated carbocycles. The molecule has 0 radical (unpaired) electrons. The minimum atomic E-state index is -3.36. The predicted molar refractivity (Wildman–Crippen MR) is 136 cm³/mol. The highest BCUT2D eigenvalue weighted by atomic mass is 32.2. The second kappa shape index (κ2) is 5.96. The van der Waals surface area contributed by atoms with E-state index in [2.05, 4.69) is 72.8 Å². The molecular formula is C29H18O2S. The van der Waals surface area contributed by atoms with Crippen LogP contribution in [0.1, 0.15) is 0 Å². The highest BCUT2D eigenvalue weighted by Gasteiger charge is 2.17. The van der Waals surface area contributed by atoms with Crippen LogP contribution in [0.2, 0.25) is 0 Å². The van der Waals surface area contributed by atoms with E-state index in [9.17, 15) is 8.42 Å². The first kappa shape index (κ1) is 17.9. The maximum atomic E-state index is 12.6. The molecule has 0 heterocycles. The average molecular weight is 431 g/mol. The summed E-state index contributed by atoms with van der Waals surface area (Å²) in [5.74, 6) is 0. The minimum Gasteiger partial charge on any atom is -0.224 e. The Balaban J connectivity index is 2.00. The van der Waals surface area contributed by atoms with Crippen molar-refractivity contribution in [2.45, 2.75) is 4.90 Å². The van der Waals surface area contributed by atoms with Crippen molar-refractivity contribution in [1.82, 2.24) is 0 Å². The van der Waals surface area contributed by atoms with Crippen molar-refractivity contribution in [3.8, 4) is 0 Å². The lowest BCUT2D eigenvalue weighted by Crippen LogP contribution is -1.97. The molecule has 0 spiro atoms. The van der Waals surface area contributed by atoms with Gasteiger partial charge in [0.25, 0.3) is 0 Å². The van der Waals surface area contributed by atoms with Gasteiger partial charge in [-0.1, -0.05) is 78.9 Å². The quantitative estimate of drug-likeness (QED) is 0.254. The Morgan fingerprint density at radius 1 is 0.469 bits per heavy atom. The van der Waals surface area contributed by atoms with Crippen LogP contribution in [0.15, 0.2) is 95.9 Å². The summed E-state index contributed by atoms with van der Waals surface area (Å²) in [5.41, 5.74) is 0. The molecule has 7 aromatic rings. The zero-order chi connectivity index (χ0) is 21.6. The standard InChI is InChI=1S/C29H18O2S/c1-32(30,31)21-15-20-14-13-19-6-3-9-23-22-8-2-5-17-11-12-18-7-4-10-24(28(18)26(17)22)25(16-21)29(20)27(19)23/h2-16H,1H3. The van der Waals surface area contributed by atoms with Gasteiger partial charge in [0.1, 0.15) is 0 Å². The van der Waals surface area contributed by atoms with Crippen LogP contribution in [-0.4, -0.2) is 14.7 Å². The second-order valence-electron chi connectivity index (χ2n) is 8.68. The van der Waals surface area contributed by atoms with Gasteiger partial charge in [0.05, 0.1) is 4.90 Å². The third kappa shape index (κ3) is 2.26. The number of fused-ring (bicyclic) bond motifs is 2. The van der Waals surface area contributed by atoms with E-state index in [4.69, 9.17) is 0 Å². The van der Waals surface area contributed by atoms with Crippen molar-refractivity contribution < 1.29 is 8.42 Å². The molecule has 0 aliphatic rings. The molecule has 0 amide bonds. The van der Waals surface area contributed by atoms with Crippen LogP contribution in [0.5, 0.6) is 0 Å². The third-order valence-corrected chi connectivity index (χ3v) is 7.92. The van der Waals surface area contributed by atoms with E-state index in [0.29, 0.717) is 4.90 Å². The summed E-state index contributed by atoms with van der Waals surface area (Å²) in [7, 11) is -3.36. The topological polar surface area (TPSA) is 34.1 Å². The molecule has 7 rings (SSSR count). The SMILES string of the molecule is CS(=O)(=O)c1cc2ccc3cccc4c5cccc6ccc7cccc(c(c1)c2c34)c7c65. The lowest BCUT2D eigenvalue weighted by Gasteiger charge is -2.16. The monoisotopic (exact) mass is 430 g/mol. The van der Waals surface area contributed by atoms with Crippen LogP contribution in [0.4, 0.5) is 0 Å². The zero-order valence-corrected chi connectivity index (χ0v) is 18.2. The molecule has 0 N–H and O–H groups in total. The summed E-state index contributed by atoms with van der Waals surface area (Å²) in [6.07, 6.45) is 1.28. The van der Waals surface area contributed by atoms with Crippen LogP contribution in [-0.2, 0) is 9.84 Å². The van der Waals surface area contributed by atoms with Crippen LogP contribution in [0, 0.1) is 0 Å². The summed E-state index contributed by atoms with van der Waals surface area (Å²) < 4.78 is 25.2. The number of benzene rings is 6. The normalized spacial score (nSPS) is 12.8. The summed E-state index contributed by atoms with van der Waals surface area (Å²) in [5, 5.41) is 13.6. The van der Waals surface area contributed by atoms with Crippen LogP contribution >= 0.6 is 0 Å². The molecule has 0 fully saturated rings. The molecule has 0 aliphatic heterocycles. The fraction of sp³-hybridized carbons (Fsp3) is 0.0345. The number of rotatable bonds is 1. The molecule has 32 heavy (non-hydrogen) atoms. The molecule has 0 bridgehead atoms. The second-order valence-corrected chi connectivity index (χ2v) is 10.7. The van der Waals surface area contributed by atoms with Gasteiger partial charge < -0.3 is 0 Å². The Morgan fingerprint density at radius 2 is 0.875 bits per heavy atom. The largest absolute Gasteiger partial charge is 0.224 e. The van der Waals surface area contributed by atoms with Gasteiger partial charge in [0, 0.05) is 6.26 Å². The molecule has 2 nitrogen and oxygen atoms in total. The van der Waals surface area contributed by atoms with Crippen molar-refractivity contribution in [3.63, 3.8) is 0 Å². The fourth-order valence-corrected chi connectivity index (χ4v) is 6.14. The highest BCUT2D eigenvalue weighted by molar-refractivity contribution is 7.90. The molecule has 152 valence electrons. The van der Waals surface area contributed by atoms with Gasteiger partial charge in [0.15, 0.2) is 9.84 Å². The molecule has 3 heteroatoms. The Bertz CT molecular complexity index is 1990. The summed E-state index contributed by atoms with van der Waals surface area (Å²) in [4.78, 5) is 0.356. The highest BCUT2D eigenvalue weighted by Crippen LogP contribution is 2.43. The van der Waals surface area contributed by atoms with Gasteiger partial charge in [-0.25, -0.2) is 8.42 Å². The van der Waals surface area contributed by atoms with Gasteiger partial charge in [-0.3, -0.25) is 0 Å². The summed E-state index contributed by atoms with van der Waals surface area (Å²) in [6.45, 7) is 0. The van der Waals surface area contributed by atoms with E-state index in [1.54, 1.807) is 0 Å². The van der Waals surface area contributed by atoms with Crippen molar-refractivity contribution in [2.75, 3.05) is 6.26 Å². The van der Waals surface area contributed by atoms with E-state index < -0.39 is 9.84 Å². The molecule has 0 saturated heterocycles. The first-order valence-electron chi connectivity index (χ1n) is 10.7. The van der Waals surface area contributed by atoms with Gasteiger partial charge >= 0.3 is 0 Å². The zero-order valence-electron chi connectivity index (χ0n) is 17.4. The van der Waals surface area contributed by atoms with Crippen molar-refractivity contribution >= 4 is 74.5 Å². The average Bonchev–Trinajstić information content (AvgIpc) is 2.80. The van der Waals surface area contributed by atoms with Crippen molar-refractivity contribution in [2.24, 2.45) is 0 Å². The maximum Gasteiger partial charge on any atom is 0.175 e. The number of hydrogen-bond donors (Lipinski definition) is 0.